The molecule has 0 aliphatic heterocycles. The summed E-state index contributed by atoms with van der Waals surface area (Å²) in [4.78, 5) is 11.7. The molecule has 0 atom stereocenters. The van der Waals surface area contributed by atoms with Gasteiger partial charge in [-0.2, -0.15) is 0 Å². The average molecular weight is 367 g/mol. The van der Waals surface area contributed by atoms with Crippen LogP contribution in [0.2, 0.25) is 0 Å². The first-order chi connectivity index (χ1) is 10.1. The van der Waals surface area contributed by atoms with Gasteiger partial charge in [-0.3, -0.25) is 4.79 Å². The van der Waals surface area contributed by atoms with E-state index >= 15 is 0 Å². The van der Waals surface area contributed by atoms with Crippen LogP contribution in [0, 0.1) is 0 Å². The van der Waals surface area contributed by atoms with Crippen LogP contribution in [0.3, 0.4) is 0 Å². The van der Waals surface area contributed by atoms with Gasteiger partial charge in [0.2, 0.25) is 0 Å². The number of ether oxygens (including phenoxy) is 1. The fraction of sp³-hybridized carbons (Fsp3) is 0.188. The van der Waals surface area contributed by atoms with Crippen LogP contribution in [0.1, 0.15) is 5.56 Å². The van der Waals surface area contributed by atoms with Crippen LogP contribution in [-0.4, -0.2) is 23.4 Å². The molecular formula is C16H15BrO3S. The predicted octanol–water partition coefficient (Wildman–Crippen LogP) is 4.25. The molecular weight excluding hydrogens is 352 g/mol. The summed E-state index contributed by atoms with van der Waals surface area (Å²) in [6.45, 7) is 0.628. The van der Waals surface area contributed by atoms with E-state index in [1.807, 2.05) is 48.5 Å². The Morgan fingerprint density at radius 1 is 1.10 bits per heavy atom. The Morgan fingerprint density at radius 3 is 2.38 bits per heavy atom. The highest BCUT2D eigenvalue weighted by Gasteiger charge is 2.01. The van der Waals surface area contributed by atoms with Crippen LogP contribution in [-0.2, 0) is 11.2 Å². The van der Waals surface area contributed by atoms with E-state index in [1.54, 1.807) is 11.8 Å². The monoisotopic (exact) mass is 366 g/mol. The van der Waals surface area contributed by atoms with E-state index in [0.29, 0.717) is 6.61 Å². The second kappa shape index (κ2) is 8.10. The Bertz CT molecular complexity index is 581. The quantitative estimate of drug-likeness (QED) is 0.587. The van der Waals surface area contributed by atoms with Gasteiger partial charge in [-0.25, -0.2) is 0 Å². The number of aliphatic carboxylic acids is 1. The highest BCUT2D eigenvalue weighted by Crippen LogP contribution is 2.20. The van der Waals surface area contributed by atoms with Crippen LogP contribution in [0.25, 0.3) is 0 Å². The molecule has 0 spiro atoms. The van der Waals surface area contributed by atoms with E-state index in [2.05, 4.69) is 15.9 Å². The average Bonchev–Trinajstić information content (AvgIpc) is 2.46. The first kappa shape index (κ1) is 15.9. The van der Waals surface area contributed by atoms with E-state index in [-0.39, 0.29) is 6.42 Å². The molecule has 2 rings (SSSR count). The highest BCUT2D eigenvalue weighted by molar-refractivity contribution is 9.10. The lowest BCUT2D eigenvalue weighted by molar-refractivity contribution is -0.136. The molecule has 0 aromatic heterocycles. The molecule has 21 heavy (non-hydrogen) atoms. The largest absolute Gasteiger partial charge is 0.493 e. The smallest absolute Gasteiger partial charge is 0.307 e. The molecule has 1 N–H and O–H groups in total. The fourth-order valence-electron chi connectivity index (χ4n) is 1.73. The number of rotatable bonds is 7. The van der Waals surface area contributed by atoms with Gasteiger partial charge in [0.25, 0.3) is 0 Å². The van der Waals surface area contributed by atoms with Crippen molar-refractivity contribution in [2.24, 2.45) is 0 Å². The highest BCUT2D eigenvalue weighted by atomic mass is 79.9. The number of carbonyl (C=O) groups is 1. The number of benzene rings is 2. The van der Waals surface area contributed by atoms with Gasteiger partial charge in [0.15, 0.2) is 0 Å². The standard InChI is InChI=1S/C16H15BrO3S/c17-13-3-5-14(6-4-13)20-9-10-21-15-7-1-12(2-8-15)11-16(18)19/h1-8H,9-11H2,(H,18,19). The zero-order valence-electron chi connectivity index (χ0n) is 11.3. The molecule has 0 aliphatic carbocycles. The van der Waals surface area contributed by atoms with Gasteiger partial charge in [-0.15, -0.1) is 11.8 Å². The fourth-order valence-corrected chi connectivity index (χ4v) is 2.72. The summed E-state index contributed by atoms with van der Waals surface area (Å²) in [7, 11) is 0. The van der Waals surface area contributed by atoms with Crippen LogP contribution < -0.4 is 4.74 Å². The zero-order chi connectivity index (χ0) is 15.1. The molecule has 0 amide bonds. The number of carboxylic acids is 1. The van der Waals surface area contributed by atoms with E-state index < -0.39 is 5.97 Å². The van der Waals surface area contributed by atoms with E-state index in [9.17, 15) is 4.79 Å². The van der Waals surface area contributed by atoms with Crippen LogP contribution >= 0.6 is 27.7 Å². The molecule has 0 radical (unpaired) electrons. The maximum Gasteiger partial charge on any atom is 0.307 e. The van der Waals surface area contributed by atoms with Crippen LogP contribution in [0.4, 0.5) is 0 Å². The van der Waals surface area contributed by atoms with Crippen molar-refractivity contribution in [3.63, 3.8) is 0 Å². The van der Waals surface area contributed by atoms with Crippen molar-refractivity contribution in [3.8, 4) is 5.75 Å². The minimum Gasteiger partial charge on any atom is -0.493 e. The lowest BCUT2D eigenvalue weighted by atomic mass is 10.2. The third kappa shape index (κ3) is 5.81. The van der Waals surface area contributed by atoms with Gasteiger partial charge in [0.05, 0.1) is 13.0 Å². The topological polar surface area (TPSA) is 46.5 Å². The van der Waals surface area contributed by atoms with Crippen molar-refractivity contribution in [1.29, 1.82) is 0 Å². The van der Waals surface area contributed by atoms with Gasteiger partial charge < -0.3 is 9.84 Å². The Labute approximate surface area is 136 Å². The van der Waals surface area contributed by atoms with E-state index in [0.717, 1.165) is 26.4 Å². The molecule has 0 heterocycles. The van der Waals surface area contributed by atoms with Crippen molar-refractivity contribution < 1.29 is 14.6 Å². The van der Waals surface area contributed by atoms with Crippen molar-refractivity contribution in [2.75, 3.05) is 12.4 Å². The minimum atomic E-state index is -0.807. The molecule has 0 aliphatic rings. The second-order valence-corrected chi connectivity index (χ2v) is 6.45. The van der Waals surface area contributed by atoms with Crippen LogP contribution in [0.15, 0.2) is 57.9 Å². The number of halogens is 1. The summed E-state index contributed by atoms with van der Waals surface area (Å²) in [5, 5.41) is 8.71. The molecule has 0 saturated heterocycles. The summed E-state index contributed by atoms with van der Waals surface area (Å²) in [5.41, 5.74) is 0.818. The van der Waals surface area contributed by atoms with Crippen molar-refractivity contribution in [1.82, 2.24) is 0 Å². The van der Waals surface area contributed by atoms with Crippen LogP contribution in [0.5, 0.6) is 5.75 Å². The normalized spacial score (nSPS) is 10.3. The van der Waals surface area contributed by atoms with Gasteiger partial charge in [0, 0.05) is 15.1 Å². The SMILES string of the molecule is O=C(O)Cc1ccc(SCCOc2ccc(Br)cc2)cc1. The van der Waals surface area contributed by atoms with E-state index in [1.165, 1.54) is 0 Å². The van der Waals surface area contributed by atoms with Gasteiger partial charge in [-0.05, 0) is 42.0 Å². The van der Waals surface area contributed by atoms with Gasteiger partial charge in [0.1, 0.15) is 5.75 Å². The first-order valence-electron chi connectivity index (χ1n) is 6.45. The number of thioether (sulfide) groups is 1. The third-order valence-corrected chi connectivity index (χ3v) is 4.22. The molecule has 0 saturated carbocycles. The molecule has 110 valence electrons. The Balaban J connectivity index is 1.73. The van der Waals surface area contributed by atoms with E-state index in [4.69, 9.17) is 9.84 Å². The predicted molar refractivity (Wildman–Crippen MR) is 88.1 cm³/mol. The van der Waals surface area contributed by atoms with Crippen molar-refractivity contribution in [2.45, 2.75) is 11.3 Å². The van der Waals surface area contributed by atoms with Crippen molar-refractivity contribution in [3.05, 3.63) is 58.6 Å². The molecule has 5 heteroatoms. The second-order valence-electron chi connectivity index (χ2n) is 4.37. The molecule has 2 aromatic carbocycles. The lowest BCUT2D eigenvalue weighted by Gasteiger charge is -2.06. The molecule has 0 bridgehead atoms. The Kier molecular flexibility index (Phi) is 6.14. The van der Waals surface area contributed by atoms with Gasteiger partial charge in [-0.1, -0.05) is 28.1 Å². The first-order valence-corrected chi connectivity index (χ1v) is 8.23. The minimum absolute atomic E-state index is 0.0671. The summed E-state index contributed by atoms with van der Waals surface area (Å²) in [5.74, 6) is 0.892. The van der Waals surface area contributed by atoms with Gasteiger partial charge >= 0.3 is 5.97 Å². The maximum atomic E-state index is 10.6. The summed E-state index contributed by atoms with van der Waals surface area (Å²) >= 11 is 5.07. The third-order valence-electron chi connectivity index (χ3n) is 2.71. The number of hydrogen-bond acceptors (Lipinski definition) is 3. The molecule has 0 unspecified atom stereocenters. The Hall–Kier alpha value is -1.46. The number of carboxylic acid groups (broad SMARTS) is 1. The molecule has 3 nitrogen and oxygen atoms in total. The number of hydrogen-bond donors (Lipinski definition) is 1. The summed E-state index contributed by atoms with van der Waals surface area (Å²) < 4.78 is 6.67. The molecule has 0 fully saturated rings. The van der Waals surface area contributed by atoms with Crippen molar-refractivity contribution >= 4 is 33.7 Å². The maximum absolute atomic E-state index is 10.6. The summed E-state index contributed by atoms with van der Waals surface area (Å²) in [6.07, 6.45) is 0.0671. The molecule has 2 aromatic rings. The lowest BCUT2D eigenvalue weighted by Crippen LogP contribution is -2.00. The summed E-state index contributed by atoms with van der Waals surface area (Å²) in [6, 6.07) is 15.3. The Morgan fingerprint density at radius 2 is 1.76 bits per heavy atom. The zero-order valence-corrected chi connectivity index (χ0v) is 13.7.